The van der Waals surface area contributed by atoms with Crippen LogP contribution in [0.5, 0.6) is 0 Å². The van der Waals surface area contributed by atoms with Gasteiger partial charge in [0, 0.05) is 42.7 Å². The molecule has 0 spiro atoms. The lowest BCUT2D eigenvalue weighted by atomic mass is 10.1. The topological polar surface area (TPSA) is 59.4 Å². The van der Waals surface area contributed by atoms with Crippen molar-refractivity contribution in [3.05, 3.63) is 94.1 Å². The van der Waals surface area contributed by atoms with Crippen LogP contribution in [0.25, 0.3) is 16.7 Å². The molecule has 0 saturated carbocycles. The smallest absolute Gasteiger partial charge is 0.193 e. The summed E-state index contributed by atoms with van der Waals surface area (Å²) in [5, 5.41) is 3.68. The lowest BCUT2D eigenvalue weighted by molar-refractivity contribution is 0.152. The van der Waals surface area contributed by atoms with Gasteiger partial charge in [-0.15, -0.1) is 0 Å². The van der Waals surface area contributed by atoms with Crippen molar-refractivity contribution in [3.8, 4) is 5.69 Å². The van der Waals surface area contributed by atoms with E-state index in [9.17, 15) is 4.79 Å². The number of benzene rings is 1. The highest BCUT2D eigenvalue weighted by Gasteiger charge is 2.23. The Labute approximate surface area is 197 Å². The van der Waals surface area contributed by atoms with Gasteiger partial charge in [0.2, 0.25) is 0 Å². The maximum absolute atomic E-state index is 15.5. The number of fused-ring (bicyclic) bond motifs is 1. The number of aromatic nitrogens is 2. The number of hydrogen-bond acceptors (Lipinski definition) is 5. The molecule has 34 heavy (non-hydrogen) atoms. The third kappa shape index (κ3) is 4.26. The highest BCUT2D eigenvalue weighted by molar-refractivity contribution is 5.85. The summed E-state index contributed by atoms with van der Waals surface area (Å²) in [5.74, 6) is 0.381. The van der Waals surface area contributed by atoms with Crippen LogP contribution in [0.15, 0.2) is 77.3 Å². The van der Waals surface area contributed by atoms with E-state index in [2.05, 4.69) is 17.5 Å². The van der Waals surface area contributed by atoms with Crippen molar-refractivity contribution >= 4 is 22.7 Å². The van der Waals surface area contributed by atoms with E-state index in [0.29, 0.717) is 43.3 Å². The Morgan fingerprint density at radius 3 is 2.82 bits per heavy atom. The van der Waals surface area contributed by atoms with E-state index in [-0.39, 0.29) is 16.6 Å². The molecular formula is C27H27FN4O2. The van der Waals surface area contributed by atoms with Crippen LogP contribution in [-0.2, 0) is 4.74 Å². The Hall–Kier alpha value is -3.71. The molecule has 3 aromatic rings. The fraction of sp³-hybridized carbons (Fsp3) is 0.259. The molecule has 0 radical (unpaired) electrons. The van der Waals surface area contributed by atoms with Crippen LogP contribution in [0.1, 0.15) is 18.4 Å². The first-order chi connectivity index (χ1) is 16.6. The highest BCUT2D eigenvalue weighted by Crippen LogP contribution is 2.30. The minimum Gasteiger partial charge on any atom is -0.380 e. The first-order valence-corrected chi connectivity index (χ1v) is 11.6. The quantitative estimate of drug-likeness (QED) is 0.604. The van der Waals surface area contributed by atoms with Gasteiger partial charge in [-0.1, -0.05) is 42.5 Å². The zero-order chi connectivity index (χ0) is 23.5. The van der Waals surface area contributed by atoms with E-state index in [0.717, 1.165) is 24.2 Å². The van der Waals surface area contributed by atoms with Gasteiger partial charge >= 0.3 is 0 Å². The van der Waals surface area contributed by atoms with Crippen molar-refractivity contribution in [2.45, 2.75) is 19.8 Å². The summed E-state index contributed by atoms with van der Waals surface area (Å²) in [7, 11) is 0. The molecule has 0 amide bonds. The number of para-hydroxylation sites is 1. The van der Waals surface area contributed by atoms with Crippen LogP contribution in [0, 0.1) is 12.7 Å². The average Bonchev–Trinajstić information content (AvgIpc) is 3.27. The Bertz CT molecular complexity index is 1350. The van der Waals surface area contributed by atoms with E-state index >= 15 is 4.39 Å². The lowest BCUT2D eigenvalue weighted by Gasteiger charge is -2.24. The molecule has 0 bridgehead atoms. The molecule has 1 aliphatic carbocycles. The summed E-state index contributed by atoms with van der Waals surface area (Å²) in [6, 6.07) is 11.2. The standard InChI is InChI=1S/C27H27FN4O2/c1-19-24-22(33)18-23(29-20-10-5-2-3-6-11-20)32(21-12-7-4-8-13-21)26(24)30-27(25(19)28)31-14-9-16-34-17-15-31/h2-5,7-8,10-13,18,29H,6,9,14-17H2,1H3. The molecule has 2 aromatic heterocycles. The van der Waals surface area contributed by atoms with E-state index in [1.165, 1.54) is 6.07 Å². The molecule has 1 aliphatic heterocycles. The first-order valence-electron chi connectivity index (χ1n) is 11.6. The maximum atomic E-state index is 15.5. The van der Waals surface area contributed by atoms with Crippen LogP contribution in [0.4, 0.5) is 16.0 Å². The number of allylic oxidation sites excluding steroid dienone is 5. The highest BCUT2D eigenvalue weighted by atomic mass is 19.1. The fourth-order valence-electron chi connectivity index (χ4n) is 4.40. The number of aryl methyl sites for hydroxylation is 1. The minimum atomic E-state index is -0.452. The van der Waals surface area contributed by atoms with Gasteiger partial charge in [-0.05, 0) is 38.0 Å². The molecule has 6 nitrogen and oxygen atoms in total. The fourth-order valence-corrected chi connectivity index (χ4v) is 4.40. The van der Waals surface area contributed by atoms with Gasteiger partial charge in [-0.2, -0.15) is 0 Å². The van der Waals surface area contributed by atoms with Crippen molar-refractivity contribution < 1.29 is 9.13 Å². The van der Waals surface area contributed by atoms with E-state index in [1.807, 2.05) is 58.0 Å². The molecule has 2 aliphatic rings. The van der Waals surface area contributed by atoms with Gasteiger partial charge in [0.05, 0.1) is 12.0 Å². The van der Waals surface area contributed by atoms with Gasteiger partial charge in [0.15, 0.2) is 22.7 Å². The van der Waals surface area contributed by atoms with Crippen LogP contribution >= 0.6 is 0 Å². The van der Waals surface area contributed by atoms with Crippen molar-refractivity contribution in [2.24, 2.45) is 0 Å². The van der Waals surface area contributed by atoms with Gasteiger partial charge in [-0.3, -0.25) is 9.36 Å². The Morgan fingerprint density at radius 1 is 1.12 bits per heavy atom. The molecule has 174 valence electrons. The maximum Gasteiger partial charge on any atom is 0.193 e. The number of pyridine rings is 2. The second-order valence-corrected chi connectivity index (χ2v) is 8.40. The van der Waals surface area contributed by atoms with Crippen molar-refractivity contribution in [1.82, 2.24) is 9.55 Å². The molecule has 1 N–H and O–H groups in total. The summed E-state index contributed by atoms with van der Waals surface area (Å²) in [6.45, 7) is 4.01. The Morgan fingerprint density at radius 2 is 1.97 bits per heavy atom. The number of ether oxygens (including phenoxy) is 1. The van der Waals surface area contributed by atoms with Crippen LogP contribution in [0.3, 0.4) is 0 Å². The second-order valence-electron chi connectivity index (χ2n) is 8.40. The third-order valence-electron chi connectivity index (χ3n) is 6.11. The summed E-state index contributed by atoms with van der Waals surface area (Å²) < 4.78 is 23.0. The first kappa shape index (κ1) is 22.1. The summed E-state index contributed by atoms with van der Waals surface area (Å²) >= 11 is 0. The molecular weight excluding hydrogens is 431 g/mol. The largest absolute Gasteiger partial charge is 0.380 e. The molecule has 1 saturated heterocycles. The number of rotatable bonds is 4. The molecule has 0 unspecified atom stereocenters. The molecule has 1 aromatic carbocycles. The van der Waals surface area contributed by atoms with Crippen molar-refractivity contribution in [2.75, 3.05) is 36.5 Å². The predicted octanol–water partition coefficient (Wildman–Crippen LogP) is 4.87. The van der Waals surface area contributed by atoms with E-state index in [4.69, 9.17) is 9.72 Å². The van der Waals surface area contributed by atoms with Crippen LogP contribution in [0.2, 0.25) is 0 Å². The van der Waals surface area contributed by atoms with Gasteiger partial charge in [-0.25, -0.2) is 9.37 Å². The molecule has 0 atom stereocenters. The monoisotopic (exact) mass is 458 g/mol. The van der Waals surface area contributed by atoms with E-state index < -0.39 is 5.82 Å². The zero-order valence-electron chi connectivity index (χ0n) is 19.1. The normalized spacial score (nSPS) is 16.3. The molecule has 7 heteroatoms. The van der Waals surface area contributed by atoms with Gasteiger partial charge in [0.1, 0.15) is 5.82 Å². The van der Waals surface area contributed by atoms with Crippen LogP contribution < -0.4 is 15.6 Å². The predicted molar refractivity (Wildman–Crippen MR) is 134 cm³/mol. The number of anilines is 2. The third-order valence-corrected chi connectivity index (χ3v) is 6.11. The Balaban J connectivity index is 1.76. The second kappa shape index (κ2) is 9.65. The molecule has 3 heterocycles. The Kier molecular flexibility index (Phi) is 6.27. The average molecular weight is 459 g/mol. The van der Waals surface area contributed by atoms with Gasteiger partial charge < -0.3 is 15.0 Å². The van der Waals surface area contributed by atoms with E-state index in [1.54, 1.807) is 6.92 Å². The van der Waals surface area contributed by atoms with Crippen LogP contribution in [-0.4, -0.2) is 35.9 Å². The number of halogens is 1. The summed E-state index contributed by atoms with van der Waals surface area (Å²) in [6.07, 6.45) is 11.6. The summed E-state index contributed by atoms with van der Waals surface area (Å²) in [4.78, 5) is 20.0. The minimum absolute atomic E-state index is 0.259. The van der Waals surface area contributed by atoms with Crippen molar-refractivity contribution in [3.63, 3.8) is 0 Å². The summed E-state index contributed by atoms with van der Waals surface area (Å²) in [5.41, 5.74) is 2.17. The lowest BCUT2D eigenvalue weighted by Crippen LogP contribution is -2.29. The number of nitrogens with zero attached hydrogens (tertiary/aromatic N) is 3. The van der Waals surface area contributed by atoms with Crippen molar-refractivity contribution in [1.29, 1.82) is 0 Å². The zero-order valence-corrected chi connectivity index (χ0v) is 19.1. The SMILES string of the molecule is Cc1c(F)c(N2CCCOCC2)nc2c1c(=O)cc(NC1=CCC=CC=C1)n2-c1ccccc1. The van der Waals surface area contributed by atoms with Gasteiger partial charge in [0.25, 0.3) is 0 Å². The molecule has 5 rings (SSSR count). The number of nitrogens with one attached hydrogen (secondary N) is 1. The molecule has 1 fully saturated rings. The number of hydrogen-bond donors (Lipinski definition) is 1.